The topological polar surface area (TPSA) is 46.9 Å². The minimum Gasteiger partial charge on any atom is -0.379 e. The minimum absolute atomic E-state index is 0.200. The molecule has 1 aromatic heterocycles. The molecule has 20 heavy (non-hydrogen) atoms. The standard InChI is InChI=1S/C14H13BrClN3O/c1-2-7-19-14(20)13(15)12(9-18-19)17-8-10-5-3-4-6-11(10)16/h2-6,9,17H,1,7-8H2. The van der Waals surface area contributed by atoms with Gasteiger partial charge in [-0.15, -0.1) is 6.58 Å². The van der Waals surface area contributed by atoms with E-state index in [4.69, 9.17) is 11.6 Å². The van der Waals surface area contributed by atoms with E-state index in [9.17, 15) is 4.79 Å². The number of hydrogen-bond acceptors (Lipinski definition) is 3. The molecule has 1 N–H and O–H groups in total. The molecule has 0 aliphatic heterocycles. The summed E-state index contributed by atoms with van der Waals surface area (Å²) in [6.07, 6.45) is 3.23. The summed E-state index contributed by atoms with van der Waals surface area (Å²) in [6.45, 7) is 4.49. The van der Waals surface area contributed by atoms with Crippen LogP contribution in [0.25, 0.3) is 0 Å². The number of rotatable bonds is 5. The van der Waals surface area contributed by atoms with Gasteiger partial charge in [0.2, 0.25) is 0 Å². The molecule has 6 heteroatoms. The molecule has 2 rings (SSSR count). The van der Waals surface area contributed by atoms with Gasteiger partial charge in [-0.25, -0.2) is 4.68 Å². The number of benzene rings is 1. The number of nitrogens with one attached hydrogen (secondary N) is 1. The molecule has 0 aliphatic rings. The first-order valence-electron chi connectivity index (χ1n) is 5.97. The maximum atomic E-state index is 12.0. The van der Waals surface area contributed by atoms with Crippen LogP contribution in [0.15, 0.2) is 52.4 Å². The average molecular weight is 355 g/mol. The van der Waals surface area contributed by atoms with Crippen LogP contribution in [0.4, 0.5) is 5.69 Å². The largest absolute Gasteiger partial charge is 0.379 e. The van der Waals surface area contributed by atoms with Gasteiger partial charge in [0.05, 0.1) is 18.4 Å². The van der Waals surface area contributed by atoms with Gasteiger partial charge >= 0.3 is 0 Å². The molecule has 0 atom stereocenters. The summed E-state index contributed by atoms with van der Waals surface area (Å²) in [5, 5.41) is 7.90. The van der Waals surface area contributed by atoms with Crippen molar-refractivity contribution in [3.63, 3.8) is 0 Å². The molecule has 0 unspecified atom stereocenters. The molecule has 0 saturated heterocycles. The molecule has 0 saturated carbocycles. The number of anilines is 1. The lowest BCUT2D eigenvalue weighted by molar-refractivity contribution is 0.649. The van der Waals surface area contributed by atoms with Gasteiger partial charge in [0, 0.05) is 11.6 Å². The number of halogens is 2. The van der Waals surface area contributed by atoms with Gasteiger partial charge in [0.15, 0.2) is 0 Å². The molecule has 1 heterocycles. The zero-order chi connectivity index (χ0) is 14.5. The second-order valence-corrected chi connectivity index (χ2v) is 5.29. The van der Waals surface area contributed by atoms with Crippen LogP contribution in [0, 0.1) is 0 Å². The molecule has 0 spiro atoms. The molecule has 0 aliphatic carbocycles. The molecule has 1 aromatic carbocycles. The first-order chi connectivity index (χ1) is 9.63. The predicted molar refractivity (Wildman–Crippen MR) is 85.2 cm³/mol. The monoisotopic (exact) mass is 353 g/mol. The summed E-state index contributed by atoms with van der Waals surface area (Å²) in [5.74, 6) is 0. The van der Waals surface area contributed by atoms with Crippen LogP contribution in [0.1, 0.15) is 5.56 Å². The van der Waals surface area contributed by atoms with Crippen LogP contribution in [0.2, 0.25) is 5.02 Å². The normalized spacial score (nSPS) is 10.3. The maximum absolute atomic E-state index is 12.0. The van der Waals surface area contributed by atoms with Crippen LogP contribution in [0.3, 0.4) is 0 Å². The minimum atomic E-state index is -0.200. The van der Waals surface area contributed by atoms with E-state index in [1.54, 1.807) is 12.3 Å². The number of aromatic nitrogens is 2. The predicted octanol–water partition coefficient (Wildman–Crippen LogP) is 3.46. The lowest BCUT2D eigenvalue weighted by Crippen LogP contribution is -2.23. The van der Waals surface area contributed by atoms with Gasteiger partial charge in [-0.3, -0.25) is 4.79 Å². The van der Waals surface area contributed by atoms with Gasteiger partial charge in [-0.05, 0) is 27.6 Å². The van der Waals surface area contributed by atoms with Crippen molar-refractivity contribution in [1.29, 1.82) is 0 Å². The molecular weight excluding hydrogens is 342 g/mol. The van der Waals surface area contributed by atoms with Gasteiger partial charge in [-0.1, -0.05) is 35.9 Å². The van der Waals surface area contributed by atoms with Gasteiger partial charge < -0.3 is 5.32 Å². The maximum Gasteiger partial charge on any atom is 0.283 e. The zero-order valence-corrected chi connectivity index (χ0v) is 13.0. The number of nitrogens with zero attached hydrogens (tertiary/aromatic N) is 2. The van der Waals surface area contributed by atoms with E-state index in [0.29, 0.717) is 28.3 Å². The van der Waals surface area contributed by atoms with E-state index in [0.717, 1.165) is 5.56 Å². The highest BCUT2D eigenvalue weighted by Gasteiger charge is 2.08. The fourth-order valence-corrected chi connectivity index (χ4v) is 2.32. The van der Waals surface area contributed by atoms with Crippen molar-refractivity contribution >= 4 is 33.2 Å². The Hall–Kier alpha value is -1.59. The van der Waals surface area contributed by atoms with E-state index in [1.807, 2.05) is 24.3 Å². The molecule has 0 fully saturated rings. The van der Waals surface area contributed by atoms with Gasteiger partial charge in [0.25, 0.3) is 5.56 Å². The summed E-state index contributed by atoms with van der Waals surface area (Å²) >= 11 is 9.37. The van der Waals surface area contributed by atoms with Crippen molar-refractivity contribution in [2.75, 3.05) is 5.32 Å². The molecule has 4 nitrogen and oxygen atoms in total. The third kappa shape index (κ3) is 3.29. The Labute approximate surface area is 130 Å². The third-order valence-electron chi connectivity index (χ3n) is 2.71. The second-order valence-electron chi connectivity index (χ2n) is 4.09. The summed E-state index contributed by atoms with van der Waals surface area (Å²) in [5.41, 5.74) is 1.39. The Bertz CT molecular complexity index is 684. The van der Waals surface area contributed by atoms with Crippen molar-refractivity contribution < 1.29 is 0 Å². The summed E-state index contributed by atoms with van der Waals surface area (Å²) in [7, 11) is 0. The quantitative estimate of drug-likeness (QED) is 0.837. The smallest absolute Gasteiger partial charge is 0.283 e. The second kappa shape index (κ2) is 6.72. The first-order valence-corrected chi connectivity index (χ1v) is 7.14. The highest BCUT2D eigenvalue weighted by Crippen LogP contribution is 2.20. The van der Waals surface area contributed by atoms with Crippen molar-refractivity contribution in [1.82, 2.24) is 9.78 Å². The first kappa shape index (κ1) is 14.8. The molecule has 2 aromatic rings. The summed E-state index contributed by atoms with van der Waals surface area (Å²) in [6, 6.07) is 7.54. The van der Waals surface area contributed by atoms with E-state index in [1.165, 1.54) is 4.68 Å². The van der Waals surface area contributed by atoms with Crippen LogP contribution >= 0.6 is 27.5 Å². The SMILES string of the molecule is C=CCn1ncc(NCc2ccccc2Cl)c(Br)c1=O. The summed E-state index contributed by atoms with van der Waals surface area (Å²) in [4.78, 5) is 12.0. The highest BCUT2D eigenvalue weighted by molar-refractivity contribution is 9.10. The Morgan fingerprint density at radius 2 is 2.20 bits per heavy atom. The zero-order valence-electron chi connectivity index (χ0n) is 10.6. The molecular formula is C14H13BrClN3O. The summed E-state index contributed by atoms with van der Waals surface area (Å²) < 4.78 is 1.78. The Morgan fingerprint density at radius 1 is 1.45 bits per heavy atom. The van der Waals surface area contributed by atoms with Gasteiger partial charge in [-0.2, -0.15) is 5.10 Å². The fraction of sp³-hybridized carbons (Fsp3) is 0.143. The third-order valence-corrected chi connectivity index (χ3v) is 3.85. The van der Waals surface area contributed by atoms with Crippen LogP contribution in [0.5, 0.6) is 0 Å². The van der Waals surface area contributed by atoms with E-state index in [-0.39, 0.29) is 5.56 Å². The van der Waals surface area contributed by atoms with Crippen LogP contribution in [-0.4, -0.2) is 9.78 Å². The van der Waals surface area contributed by atoms with Crippen molar-refractivity contribution in [3.05, 3.63) is 68.5 Å². The molecule has 0 bridgehead atoms. The van der Waals surface area contributed by atoms with Crippen molar-refractivity contribution in [2.24, 2.45) is 0 Å². The van der Waals surface area contributed by atoms with Crippen LogP contribution < -0.4 is 10.9 Å². The number of allylic oxidation sites excluding steroid dienone is 1. The van der Waals surface area contributed by atoms with Crippen molar-refractivity contribution in [3.8, 4) is 0 Å². The van der Waals surface area contributed by atoms with Crippen molar-refractivity contribution in [2.45, 2.75) is 13.1 Å². The molecule has 0 radical (unpaired) electrons. The van der Waals surface area contributed by atoms with E-state index >= 15 is 0 Å². The Morgan fingerprint density at radius 3 is 2.90 bits per heavy atom. The number of hydrogen-bond donors (Lipinski definition) is 1. The fourth-order valence-electron chi connectivity index (χ4n) is 1.67. The van der Waals surface area contributed by atoms with E-state index < -0.39 is 0 Å². The average Bonchev–Trinajstić information content (AvgIpc) is 2.45. The molecule has 104 valence electrons. The Balaban J connectivity index is 2.19. The lowest BCUT2D eigenvalue weighted by Gasteiger charge is -2.10. The van der Waals surface area contributed by atoms with Gasteiger partial charge in [0.1, 0.15) is 4.47 Å². The Kier molecular flexibility index (Phi) is 4.98. The lowest BCUT2D eigenvalue weighted by atomic mass is 10.2. The highest BCUT2D eigenvalue weighted by atomic mass is 79.9. The molecule has 0 amide bonds. The van der Waals surface area contributed by atoms with E-state index in [2.05, 4.69) is 32.9 Å². The van der Waals surface area contributed by atoms with Crippen LogP contribution in [-0.2, 0) is 13.1 Å².